The van der Waals surface area contributed by atoms with E-state index in [0.29, 0.717) is 18.3 Å². The van der Waals surface area contributed by atoms with E-state index in [-0.39, 0.29) is 11.5 Å². The lowest BCUT2D eigenvalue weighted by Crippen LogP contribution is -2.43. The van der Waals surface area contributed by atoms with Crippen LogP contribution in [0, 0.1) is 11.8 Å². The first-order valence-corrected chi connectivity index (χ1v) is 7.05. The van der Waals surface area contributed by atoms with Crippen molar-refractivity contribution in [2.45, 2.75) is 26.7 Å². The lowest BCUT2D eigenvalue weighted by atomic mass is 9.91. The first-order valence-electron chi connectivity index (χ1n) is 7.05. The summed E-state index contributed by atoms with van der Waals surface area (Å²) in [6.07, 6.45) is 1.52. The van der Waals surface area contributed by atoms with Crippen LogP contribution in [0.5, 0.6) is 0 Å². The van der Waals surface area contributed by atoms with Crippen LogP contribution in [-0.4, -0.2) is 35.0 Å². The molecule has 0 radical (unpaired) electrons. The lowest BCUT2D eigenvalue weighted by molar-refractivity contribution is -0.133. The average molecular weight is 275 g/mol. The van der Waals surface area contributed by atoms with Gasteiger partial charge in [-0.15, -0.1) is 0 Å². The summed E-state index contributed by atoms with van der Waals surface area (Å²) < 4.78 is 0. The molecule has 2 rings (SSSR count). The van der Waals surface area contributed by atoms with Crippen molar-refractivity contribution in [3.63, 3.8) is 0 Å². The van der Waals surface area contributed by atoms with Gasteiger partial charge in [-0.05, 0) is 36.0 Å². The van der Waals surface area contributed by atoms with Crippen molar-refractivity contribution in [1.29, 1.82) is 0 Å². The third-order valence-corrected chi connectivity index (χ3v) is 3.78. The molecule has 20 heavy (non-hydrogen) atoms. The van der Waals surface area contributed by atoms with E-state index >= 15 is 0 Å². The SMILES string of the molecule is CC1CC(C)CN(C(=O)Cc2ccc(C(=O)O)cc2)C1. The van der Waals surface area contributed by atoms with Crippen LogP contribution in [0.1, 0.15) is 36.2 Å². The molecular formula is C16H21NO3. The van der Waals surface area contributed by atoms with Gasteiger partial charge < -0.3 is 10.0 Å². The van der Waals surface area contributed by atoms with Gasteiger partial charge in [-0.2, -0.15) is 0 Å². The maximum Gasteiger partial charge on any atom is 0.335 e. The largest absolute Gasteiger partial charge is 0.478 e. The van der Waals surface area contributed by atoms with Gasteiger partial charge in [0.05, 0.1) is 12.0 Å². The van der Waals surface area contributed by atoms with Crippen LogP contribution in [-0.2, 0) is 11.2 Å². The van der Waals surface area contributed by atoms with Crippen LogP contribution in [0.2, 0.25) is 0 Å². The number of carbonyl (C=O) groups is 2. The average Bonchev–Trinajstić information content (AvgIpc) is 2.38. The Kier molecular flexibility index (Phi) is 4.42. The molecule has 0 aliphatic carbocycles. The fraction of sp³-hybridized carbons (Fsp3) is 0.500. The molecule has 1 N–H and O–H groups in total. The van der Waals surface area contributed by atoms with Gasteiger partial charge >= 0.3 is 5.97 Å². The number of benzene rings is 1. The maximum absolute atomic E-state index is 12.3. The summed E-state index contributed by atoms with van der Waals surface area (Å²) in [5.41, 5.74) is 1.12. The highest BCUT2D eigenvalue weighted by molar-refractivity contribution is 5.87. The van der Waals surface area contributed by atoms with Crippen LogP contribution >= 0.6 is 0 Å². The van der Waals surface area contributed by atoms with E-state index in [1.165, 1.54) is 6.42 Å². The summed E-state index contributed by atoms with van der Waals surface area (Å²) >= 11 is 0. The number of likely N-dealkylation sites (tertiary alicyclic amines) is 1. The van der Waals surface area contributed by atoms with E-state index in [2.05, 4.69) is 13.8 Å². The molecule has 1 aromatic carbocycles. The van der Waals surface area contributed by atoms with Gasteiger partial charge in [0, 0.05) is 13.1 Å². The molecule has 108 valence electrons. The molecule has 1 aliphatic heterocycles. The minimum atomic E-state index is -0.943. The van der Waals surface area contributed by atoms with Gasteiger partial charge in [-0.1, -0.05) is 26.0 Å². The topological polar surface area (TPSA) is 57.6 Å². The highest BCUT2D eigenvalue weighted by Crippen LogP contribution is 2.21. The van der Waals surface area contributed by atoms with Gasteiger partial charge in [0.15, 0.2) is 0 Å². The number of rotatable bonds is 3. The number of hydrogen-bond donors (Lipinski definition) is 1. The first-order chi connectivity index (χ1) is 9.45. The second kappa shape index (κ2) is 6.07. The molecule has 2 unspecified atom stereocenters. The summed E-state index contributed by atoms with van der Waals surface area (Å²) in [5, 5.41) is 8.84. The van der Waals surface area contributed by atoms with Crippen LogP contribution < -0.4 is 0 Å². The third kappa shape index (κ3) is 3.59. The van der Waals surface area contributed by atoms with E-state index in [4.69, 9.17) is 5.11 Å². The van der Waals surface area contributed by atoms with Crippen LogP contribution in [0.3, 0.4) is 0 Å². The first kappa shape index (κ1) is 14.6. The van der Waals surface area contributed by atoms with Crippen LogP contribution in [0.4, 0.5) is 0 Å². The molecule has 1 heterocycles. The summed E-state index contributed by atoms with van der Waals surface area (Å²) in [4.78, 5) is 25.0. The third-order valence-electron chi connectivity index (χ3n) is 3.78. The number of carbonyl (C=O) groups excluding carboxylic acids is 1. The predicted molar refractivity (Wildman–Crippen MR) is 76.6 cm³/mol. The highest BCUT2D eigenvalue weighted by Gasteiger charge is 2.25. The summed E-state index contributed by atoms with van der Waals surface area (Å²) in [6.45, 7) is 6.02. The fourth-order valence-corrected chi connectivity index (χ4v) is 2.92. The lowest BCUT2D eigenvalue weighted by Gasteiger charge is -2.35. The molecule has 4 heteroatoms. The van der Waals surface area contributed by atoms with Crippen molar-refractivity contribution in [3.8, 4) is 0 Å². The molecule has 0 saturated carbocycles. The molecule has 4 nitrogen and oxygen atoms in total. The maximum atomic E-state index is 12.3. The number of carboxylic acids is 1. The normalized spacial score (nSPS) is 22.6. The zero-order valence-corrected chi connectivity index (χ0v) is 12.0. The van der Waals surface area contributed by atoms with Gasteiger partial charge in [0.2, 0.25) is 5.91 Å². The standard InChI is InChI=1S/C16H21NO3/c1-11-7-12(2)10-17(9-11)15(18)8-13-3-5-14(6-4-13)16(19)20/h3-6,11-12H,7-10H2,1-2H3,(H,19,20). The number of aromatic carboxylic acids is 1. The van der Waals surface area contributed by atoms with Crippen molar-refractivity contribution in [2.24, 2.45) is 11.8 Å². The van der Waals surface area contributed by atoms with E-state index in [9.17, 15) is 9.59 Å². The van der Waals surface area contributed by atoms with Gasteiger partial charge in [-0.25, -0.2) is 4.79 Å². The van der Waals surface area contributed by atoms with Crippen molar-refractivity contribution in [1.82, 2.24) is 4.90 Å². The number of carboxylic acid groups (broad SMARTS) is 1. The van der Waals surface area contributed by atoms with Gasteiger partial charge in [0.25, 0.3) is 0 Å². The number of hydrogen-bond acceptors (Lipinski definition) is 2. The Balaban J connectivity index is 1.98. The molecule has 1 saturated heterocycles. The Bertz CT molecular complexity index is 485. The Morgan fingerprint density at radius 1 is 1.15 bits per heavy atom. The summed E-state index contributed by atoms with van der Waals surface area (Å²) in [6, 6.07) is 6.54. The van der Waals surface area contributed by atoms with E-state index < -0.39 is 5.97 Å². The van der Waals surface area contributed by atoms with Crippen molar-refractivity contribution in [3.05, 3.63) is 35.4 Å². The molecule has 1 fully saturated rings. The molecule has 0 bridgehead atoms. The highest BCUT2D eigenvalue weighted by atomic mass is 16.4. The van der Waals surface area contributed by atoms with Crippen molar-refractivity contribution in [2.75, 3.05) is 13.1 Å². The Morgan fingerprint density at radius 3 is 2.20 bits per heavy atom. The molecule has 1 aliphatic rings. The number of piperidine rings is 1. The van der Waals surface area contributed by atoms with Gasteiger partial charge in [-0.3, -0.25) is 4.79 Å². The monoisotopic (exact) mass is 275 g/mol. The molecule has 2 atom stereocenters. The fourth-order valence-electron chi connectivity index (χ4n) is 2.92. The minimum absolute atomic E-state index is 0.131. The van der Waals surface area contributed by atoms with E-state index in [1.807, 2.05) is 4.90 Å². The Hall–Kier alpha value is -1.84. The molecule has 1 aromatic rings. The second-order valence-electron chi connectivity index (χ2n) is 5.92. The molecule has 0 spiro atoms. The van der Waals surface area contributed by atoms with Crippen LogP contribution in [0.15, 0.2) is 24.3 Å². The van der Waals surface area contributed by atoms with Crippen molar-refractivity contribution < 1.29 is 14.7 Å². The van der Waals surface area contributed by atoms with Crippen molar-refractivity contribution >= 4 is 11.9 Å². The van der Waals surface area contributed by atoms with Gasteiger partial charge in [0.1, 0.15) is 0 Å². The molecule has 1 amide bonds. The number of nitrogens with zero attached hydrogens (tertiary/aromatic N) is 1. The van der Waals surface area contributed by atoms with E-state index in [1.54, 1.807) is 24.3 Å². The van der Waals surface area contributed by atoms with Crippen LogP contribution in [0.25, 0.3) is 0 Å². The predicted octanol–water partition coefficient (Wildman–Crippen LogP) is 2.43. The number of amides is 1. The second-order valence-corrected chi connectivity index (χ2v) is 5.92. The quantitative estimate of drug-likeness (QED) is 0.921. The summed E-state index contributed by atoms with van der Waals surface area (Å²) in [7, 11) is 0. The Labute approximate surface area is 119 Å². The van der Waals surface area contributed by atoms with E-state index in [0.717, 1.165) is 18.7 Å². The smallest absolute Gasteiger partial charge is 0.335 e. The summed E-state index contributed by atoms with van der Waals surface area (Å²) in [5.74, 6) is 0.294. The zero-order valence-electron chi connectivity index (χ0n) is 12.0. The minimum Gasteiger partial charge on any atom is -0.478 e. The Morgan fingerprint density at radius 2 is 1.70 bits per heavy atom. The molecule has 0 aromatic heterocycles. The molecular weight excluding hydrogens is 254 g/mol. The zero-order chi connectivity index (χ0) is 14.7.